The van der Waals surface area contributed by atoms with Crippen molar-refractivity contribution in [2.75, 3.05) is 13.6 Å². The summed E-state index contributed by atoms with van der Waals surface area (Å²) >= 11 is 0. The first-order valence-electron chi connectivity index (χ1n) is 5.44. The van der Waals surface area contributed by atoms with Crippen molar-refractivity contribution in [3.8, 4) is 0 Å². The number of hydrogen-bond acceptors (Lipinski definition) is 3. The lowest BCUT2D eigenvalue weighted by Gasteiger charge is -2.43. The first-order valence-corrected chi connectivity index (χ1v) is 5.44. The second-order valence-corrected chi connectivity index (χ2v) is 4.79. The van der Waals surface area contributed by atoms with E-state index in [1.165, 1.54) is 0 Å². The van der Waals surface area contributed by atoms with Crippen LogP contribution in [0.1, 0.15) is 33.1 Å². The molecule has 0 radical (unpaired) electrons. The number of likely N-dealkylation sites (tertiary alicyclic amines) is 1. The summed E-state index contributed by atoms with van der Waals surface area (Å²) in [7, 11) is 2.07. The van der Waals surface area contributed by atoms with Crippen molar-refractivity contribution >= 4 is 5.78 Å². The zero-order valence-electron chi connectivity index (χ0n) is 9.25. The number of Topliss-reactive ketones (excluding diaryl/α,β-unsaturated/α-hetero) is 1. The molecule has 2 aliphatic rings. The van der Waals surface area contributed by atoms with E-state index in [1.54, 1.807) is 0 Å². The van der Waals surface area contributed by atoms with Gasteiger partial charge in [0, 0.05) is 13.0 Å². The van der Waals surface area contributed by atoms with E-state index in [0.29, 0.717) is 5.78 Å². The fraction of sp³-hybridized carbons (Fsp3) is 0.909. The minimum Gasteiger partial charge on any atom is -0.375 e. The molecule has 0 aromatic rings. The molecule has 3 heteroatoms. The minimum absolute atomic E-state index is 0.197. The van der Waals surface area contributed by atoms with Crippen LogP contribution in [-0.4, -0.2) is 42.0 Å². The van der Waals surface area contributed by atoms with Gasteiger partial charge in [0.15, 0.2) is 5.78 Å². The maximum absolute atomic E-state index is 12.0. The van der Waals surface area contributed by atoms with E-state index in [2.05, 4.69) is 25.8 Å². The normalized spacial score (nSPS) is 44.9. The number of rotatable bonds is 0. The van der Waals surface area contributed by atoms with Gasteiger partial charge in [-0.2, -0.15) is 0 Å². The second kappa shape index (κ2) is 3.31. The number of carbonyl (C=O) groups excluding carboxylic acids is 1. The highest BCUT2D eigenvalue weighted by molar-refractivity contribution is 5.90. The van der Waals surface area contributed by atoms with Crippen molar-refractivity contribution in [3.63, 3.8) is 0 Å². The fourth-order valence-electron chi connectivity index (χ4n) is 3.00. The summed E-state index contributed by atoms with van der Waals surface area (Å²) in [5.74, 6) is 0.419. The number of hydrogen-bond donors (Lipinski definition) is 0. The highest BCUT2D eigenvalue weighted by Crippen LogP contribution is 2.38. The largest absolute Gasteiger partial charge is 0.375 e. The van der Waals surface area contributed by atoms with Gasteiger partial charge in [0.05, 0.1) is 17.7 Å². The van der Waals surface area contributed by atoms with Gasteiger partial charge in [-0.15, -0.1) is 0 Å². The molecule has 2 fully saturated rings. The number of ketones is 1. The average molecular weight is 197 g/mol. The van der Waals surface area contributed by atoms with Crippen LogP contribution in [0.15, 0.2) is 0 Å². The molecule has 0 aromatic heterocycles. The molecule has 2 saturated heterocycles. The Labute approximate surface area is 85.4 Å². The van der Waals surface area contributed by atoms with Crippen LogP contribution in [0.5, 0.6) is 0 Å². The number of ether oxygens (including phenoxy) is 1. The molecule has 0 N–H and O–H groups in total. The molecule has 3 atom stereocenters. The molecule has 0 amide bonds. The molecule has 3 nitrogen and oxygen atoms in total. The summed E-state index contributed by atoms with van der Waals surface area (Å²) in [6, 6.07) is 0. The van der Waals surface area contributed by atoms with Crippen molar-refractivity contribution < 1.29 is 9.53 Å². The molecule has 0 aliphatic carbocycles. The quantitative estimate of drug-likeness (QED) is 0.584. The molecule has 2 heterocycles. The molecule has 2 rings (SSSR count). The summed E-state index contributed by atoms with van der Waals surface area (Å²) in [5.41, 5.74) is -0.197. The maximum Gasteiger partial charge on any atom is 0.154 e. The van der Waals surface area contributed by atoms with Crippen molar-refractivity contribution in [2.24, 2.45) is 0 Å². The van der Waals surface area contributed by atoms with Crippen LogP contribution < -0.4 is 0 Å². The van der Waals surface area contributed by atoms with Crippen LogP contribution in [-0.2, 0) is 9.53 Å². The average Bonchev–Trinajstić information content (AvgIpc) is 2.32. The Bertz CT molecular complexity index is 242. The van der Waals surface area contributed by atoms with Gasteiger partial charge < -0.3 is 4.74 Å². The van der Waals surface area contributed by atoms with E-state index in [1.807, 2.05) is 0 Å². The highest BCUT2D eigenvalue weighted by atomic mass is 16.5. The van der Waals surface area contributed by atoms with Crippen molar-refractivity contribution in [3.05, 3.63) is 0 Å². The SMILES string of the molecule is C[C@@H]1CC2(C[C@H](C)O1)C(=O)CCN2C. The Morgan fingerprint density at radius 3 is 2.36 bits per heavy atom. The van der Waals surface area contributed by atoms with Crippen molar-refractivity contribution in [1.29, 1.82) is 0 Å². The van der Waals surface area contributed by atoms with Gasteiger partial charge in [-0.25, -0.2) is 0 Å². The van der Waals surface area contributed by atoms with Gasteiger partial charge in [-0.1, -0.05) is 0 Å². The minimum atomic E-state index is -0.197. The Morgan fingerprint density at radius 2 is 1.93 bits per heavy atom. The predicted octanol–water partition coefficient (Wildman–Crippen LogP) is 1.22. The first kappa shape index (κ1) is 10.1. The molecule has 1 spiro atoms. The van der Waals surface area contributed by atoms with E-state index in [0.717, 1.165) is 25.8 Å². The monoisotopic (exact) mass is 197 g/mol. The topological polar surface area (TPSA) is 29.5 Å². The van der Waals surface area contributed by atoms with E-state index >= 15 is 0 Å². The highest BCUT2D eigenvalue weighted by Gasteiger charge is 2.50. The van der Waals surface area contributed by atoms with Crippen LogP contribution in [0.3, 0.4) is 0 Å². The number of carbonyl (C=O) groups is 1. The Kier molecular flexibility index (Phi) is 2.40. The Morgan fingerprint density at radius 1 is 1.36 bits per heavy atom. The molecule has 0 bridgehead atoms. The van der Waals surface area contributed by atoms with E-state index in [-0.39, 0.29) is 17.7 Å². The van der Waals surface area contributed by atoms with Gasteiger partial charge in [-0.05, 0) is 33.7 Å². The van der Waals surface area contributed by atoms with Crippen molar-refractivity contribution in [1.82, 2.24) is 4.90 Å². The van der Waals surface area contributed by atoms with Crippen LogP contribution in [0, 0.1) is 0 Å². The number of likely N-dealkylation sites (N-methyl/N-ethyl adjacent to an activating group) is 1. The fourth-order valence-corrected chi connectivity index (χ4v) is 3.00. The Balaban J connectivity index is 2.24. The third-order valence-electron chi connectivity index (χ3n) is 3.64. The standard InChI is InChI=1S/C11H19NO2/c1-8-6-11(7-9(2)14-8)10(13)4-5-12(11)3/h8-9H,4-7H2,1-3H3/t8-,9+,11?. The molecule has 1 unspecified atom stereocenters. The molecule has 80 valence electrons. The lowest BCUT2D eigenvalue weighted by molar-refractivity contribution is -0.139. The van der Waals surface area contributed by atoms with Gasteiger partial charge in [0.25, 0.3) is 0 Å². The molecular weight excluding hydrogens is 178 g/mol. The summed E-state index contributed by atoms with van der Waals surface area (Å²) < 4.78 is 5.69. The molecule has 14 heavy (non-hydrogen) atoms. The van der Waals surface area contributed by atoms with E-state index in [9.17, 15) is 4.79 Å². The molecule has 0 aromatic carbocycles. The van der Waals surface area contributed by atoms with Crippen LogP contribution in [0.2, 0.25) is 0 Å². The van der Waals surface area contributed by atoms with Crippen LogP contribution in [0.25, 0.3) is 0 Å². The molecular formula is C11H19NO2. The molecule has 2 aliphatic heterocycles. The first-order chi connectivity index (χ1) is 6.54. The van der Waals surface area contributed by atoms with Crippen molar-refractivity contribution in [2.45, 2.75) is 50.9 Å². The second-order valence-electron chi connectivity index (χ2n) is 4.79. The van der Waals surface area contributed by atoms with Crippen LogP contribution in [0.4, 0.5) is 0 Å². The van der Waals surface area contributed by atoms with Crippen LogP contribution >= 0.6 is 0 Å². The Hall–Kier alpha value is -0.410. The lowest BCUT2D eigenvalue weighted by atomic mass is 9.81. The summed E-state index contributed by atoms with van der Waals surface area (Å²) in [5, 5.41) is 0. The predicted molar refractivity (Wildman–Crippen MR) is 54.2 cm³/mol. The maximum atomic E-state index is 12.0. The lowest BCUT2D eigenvalue weighted by Crippen LogP contribution is -2.54. The third-order valence-corrected chi connectivity index (χ3v) is 3.64. The summed E-state index contributed by atoms with van der Waals surface area (Å²) in [4.78, 5) is 14.2. The zero-order chi connectivity index (χ0) is 10.3. The number of nitrogens with zero attached hydrogens (tertiary/aromatic N) is 1. The van der Waals surface area contributed by atoms with Gasteiger partial charge in [0.1, 0.15) is 0 Å². The summed E-state index contributed by atoms with van der Waals surface area (Å²) in [6.07, 6.45) is 2.88. The summed E-state index contributed by atoms with van der Waals surface area (Å²) in [6.45, 7) is 5.05. The van der Waals surface area contributed by atoms with Gasteiger partial charge in [-0.3, -0.25) is 9.69 Å². The van der Waals surface area contributed by atoms with Gasteiger partial charge in [0.2, 0.25) is 0 Å². The zero-order valence-corrected chi connectivity index (χ0v) is 9.25. The smallest absolute Gasteiger partial charge is 0.154 e. The molecule has 0 saturated carbocycles. The van der Waals surface area contributed by atoms with E-state index in [4.69, 9.17) is 4.74 Å². The van der Waals surface area contributed by atoms with Gasteiger partial charge >= 0.3 is 0 Å². The van der Waals surface area contributed by atoms with E-state index < -0.39 is 0 Å². The third kappa shape index (κ3) is 1.39.